The van der Waals surface area contributed by atoms with Gasteiger partial charge in [0, 0.05) is 12.6 Å². The second kappa shape index (κ2) is 6.49. The van der Waals surface area contributed by atoms with E-state index in [0.717, 1.165) is 19.4 Å². The Morgan fingerprint density at radius 1 is 1.25 bits per heavy atom. The zero-order chi connectivity index (χ0) is 12.0. The van der Waals surface area contributed by atoms with Crippen molar-refractivity contribution in [3.05, 3.63) is 47.5 Å². The van der Waals surface area contributed by atoms with E-state index < -0.39 is 0 Å². The Kier molecular flexibility index (Phi) is 5.27. The molecule has 1 nitrogen and oxygen atoms in total. The van der Waals surface area contributed by atoms with Gasteiger partial charge < -0.3 is 5.32 Å². The molecule has 16 heavy (non-hydrogen) atoms. The quantitative estimate of drug-likeness (QED) is 0.713. The monoisotopic (exact) mass is 217 g/mol. The molecule has 0 aliphatic heterocycles. The normalized spacial score (nSPS) is 12.4. The fourth-order valence-electron chi connectivity index (χ4n) is 1.78. The first-order valence-electron chi connectivity index (χ1n) is 6.14. The van der Waals surface area contributed by atoms with E-state index in [1.165, 1.54) is 16.7 Å². The summed E-state index contributed by atoms with van der Waals surface area (Å²) in [5.74, 6) is 0. The number of nitrogens with one attached hydrogen (secondary N) is 1. The van der Waals surface area contributed by atoms with Gasteiger partial charge in [-0.15, -0.1) is 0 Å². The van der Waals surface area contributed by atoms with Crippen LogP contribution in [-0.2, 0) is 6.42 Å². The largest absolute Gasteiger partial charge is 0.306 e. The Morgan fingerprint density at radius 3 is 2.31 bits per heavy atom. The maximum Gasteiger partial charge on any atom is 0.0320 e. The molecule has 0 saturated carbocycles. The third kappa shape index (κ3) is 3.82. The number of aryl methyl sites for hydroxylation is 1. The Hall–Kier alpha value is -1.08. The minimum Gasteiger partial charge on any atom is -0.306 e. The minimum atomic E-state index is 0.447. The molecule has 0 bridgehead atoms. The molecule has 1 rings (SSSR count). The topological polar surface area (TPSA) is 12.0 Å². The van der Waals surface area contributed by atoms with Crippen LogP contribution in [0.25, 0.3) is 0 Å². The second-order valence-electron chi connectivity index (χ2n) is 4.39. The first kappa shape index (κ1) is 13.0. The van der Waals surface area contributed by atoms with E-state index in [-0.39, 0.29) is 0 Å². The highest BCUT2D eigenvalue weighted by Crippen LogP contribution is 2.17. The molecule has 1 N–H and O–H groups in total. The average molecular weight is 217 g/mol. The minimum absolute atomic E-state index is 0.447. The van der Waals surface area contributed by atoms with Gasteiger partial charge >= 0.3 is 0 Å². The molecule has 1 aromatic carbocycles. The highest BCUT2D eigenvalue weighted by atomic mass is 14.9. The summed E-state index contributed by atoms with van der Waals surface area (Å²) >= 11 is 0. The lowest BCUT2D eigenvalue weighted by Gasteiger charge is -2.17. The third-order valence-electron chi connectivity index (χ3n) is 2.85. The van der Waals surface area contributed by atoms with Gasteiger partial charge in [-0.05, 0) is 30.9 Å². The highest BCUT2D eigenvalue weighted by molar-refractivity contribution is 5.25. The summed E-state index contributed by atoms with van der Waals surface area (Å²) in [5, 5.41) is 3.52. The van der Waals surface area contributed by atoms with Crippen LogP contribution in [0.3, 0.4) is 0 Å². The first-order chi connectivity index (χ1) is 7.67. The number of rotatable bonds is 6. The molecule has 1 unspecified atom stereocenters. The van der Waals surface area contributed by atoms with Crippen molar-refractivity contribution in [3.63, 3.8) is 0 Å². The van der Waals surface area contributed by atoms with E-state index in [4.69, 9.17) is 0 Å². The summed E-state index contributed by atoms with van der Waals surface area (Å²) < 4.78 is 0. The maximum absolute atomic E-state index is 3.92. The summed E-state index contributed by atoms with van der Waals surface area (Å²) in [4.78, 5) is 0. The van der Waals surface area contributed by atoms with Crippen molar-refractivity contribution >= 4 is 0 Å². The summed E-state index contributed by atoms with van der Waals surface area (Å²) in [7, 11) is 0. The van der Waals surface area contributed by atoms with Crippen molar-refractivity contribution in [1.82, 2.24) is 5.32 Å². The number of hydrogen-bond donors (Lipinski definition) is 1. The van der Waals surface area contributed by atoms with E-state index in [1.807, 2.05) is 0 Å². The van der Waals surface area contributed by atoms with Gasteiger partial charge in [-0.2, -0.15) is 0 Å². The van der Waals surface area contributed by atoms with Gasteiger partial charge in [0.15, 0.2) is 0 Å². The summed E-state index contributed by atoms with van der Waals surface area (Å²) in [6.45, 7) is 11.3. The van der Waals surface area contributed by atoms with Gasteiger partial charge in [-0.3, -0.25) is 0 Å². The molecule has 0 aliphatic rings. The lowest BCUT2D eigenvalue weighted by molar-refractivity contribution is 0.544. The predicted molar refractivity (Wildman–Crippen MR) is 71.7 cm³/mol. The van der Waals surface area contributed by atoms with E-state index in [2.05, 4.69) is 56.9 Å². The van der Waals surface area contributed by atoms with Gasteiger partial charge in [0.1, 0.15) is 0 Å². The fraction of sp³-hybridized carbons (Fsp3) is 0.467. The second-order valence-corrected chi connectivity index (χ2v) is 4.39. The standard InChI is InChI=1S/C15H23N/c1-5-13-7-9-14(10-8-13)15(6-2)16-11-12(3)4/h7-10,15-16H,3,5-6,11H2,1-2,4H3. The molecule has 0 aromatic heterocycles. The van der Waals surface area contributed by atoms with Gasteiger partial charge in [0.25, 0.3) is 0 Å². The van der Waals surface area contributed by atoms with Crippen LogP contribution in [0, 0.1) is 0 Å². The summed E-state index contributed by atoms with van der Waals surface area (Å²) in [6, 6.07) is 9.36. The zero-order valence-electron chi connectivity index (χ0n) is 10.7. The van der Waals surface area contributed by atoms with E-state index in [1.54, 1.807) is 0 Å². The summed E-state index contributed by atoms with van der Waals surface area (Å²) in [5.41, 5.74) is 3.96. The van der Waals surface area contributed by atoms with Crippen molar-refractivity contribution in [3.8, 4) is 0 Å². The number of benzene rings is 1. The van der Waals surface area contributed by atoms with Crippen molar-refractivity contribution in [1.29, 1.82) is 0 Å². The summed E-state index contributed by atoms with van der Waals surface area (Å²) in [6.07, 6.45) is 2.22. The van der Waals surface area contributed by atoms with Gasteiger partial charge in [0.05, 0.1) is 0 Å². The molecule has 0 radical (unpaired) electrons. The Morgan fingerprint density at radius 2 is 1.88 bits per heavy atom. The SMILES string of the molecule is C=C(C)CNC(CC)c1ccc(CC)cc1. The Bertz CT molecular complexity index is 324. The molecule has 0 saturated heterocycles. The lowest BCUT2D eigenvalue weighted by atomic mass is 10.0. The van der Waals surface area contributed by atoms with Crippen LogP contribution in [-0.4, -0.2) is 6.54 Å². The van der Waals surface area contributed by atoms with E-state index in [9.17, 15) is 0 Å². The van der Waals surface area contributed by atoms with Crippen molar-refractivity contribution in [2.45, 2.75) is 39.7 Å². The van der Waals surface area contributed by atoms with Gasteiger partial charge in [-0.25, -0.2) is 0 Å². The fourth-order valence-corrected chi connectivity index (χ4v) is 1.78. The van der Waals surface area contributed by atoms with E-state index >= 15 is 0 Å². The van der Waals surface area contributed by atoms with Gasteiger partial charge in [-0.1, -0.05) is 50.3 Å². The molecule has 0 amide bonds. The van der Waals surface area contributed by atoms with Crippen LogP contribution in [0.1, 0.15) is 44.4 Å². The molecule has 1 aromatic rings. The molecule has 88 valence electrons. The van der Waals surface area contributed by atoms with Crippen LogP contribution in [0.5, 0.6) is 0 Å². The third-order valence-corrected chi connectivity index (χ3v) is 2.85. The van der Waals surface area contributed by atoms with Crippen LogP contribution in [0.4, 0.5) is 0 Å². The van der Waals surface area contributed by atoms with Crippen molar-refractivity contribution in [2.24, 2.45) is 0 Å². The molecule has 0 fully saturated rings. The lowest BCUT2D eigenvalue weighted by Crippen LogP contribution is -2.22. The van der Waals surface area contributed by atoms with Crippen LogP contribution in [0.15, 0.2) is 36.4 Å². The predicted octanol–water partition coefficient (Wildman–Crippen LogP) is 3.87. The molecule has 0 spiro atoms. The Labute approximate surface area is 99.6 Å². The average Bonchev–Trinajstić information content (AvgIpc) is 2.30. The molecule has 0 aliphatic carbocycles. The molecule has 1 atom stereocenters. The van der Waals surface area contributed by atoms with E-state index in [0.29, 0.717) is 6.04 Å². The first-order valence-corrected chi connectivity index (χ1v) is 6.14. The van der Waals surface area contributed by atoms with Crippen LogP contribution < -0.4 is 5.32 Å². The van der Waals surface area contributed by atoms with Gasteiger partial charge in [0.2, 0.25) is 0 Å². The maximum atomic E-state index is 3.92. The smallest absolute Gasteiger partial charge is 0.0320 e. The van der Waals surface area contributed by atoms with Crippen molar-refractivity contribution < 1.29 is 0 Å². The van der Waals surface area contributed by atoms with Crippen LogP contribution in [0.2, 0.25) is 0 Å². The van der Waals surface area contributed by atoms with Crippen LogP contribution >= 0.6 is 0 Å². The molecular weight excluding hydrogens is 194 g/mol. The highest BCUT2D eigenvalue weighted by Gasteiger charge is 2.07. The number of hydrogen-bond acceptors (Lipinski definition) is 1. The Balaban J connectivity index is 2.66. The zero-order valence-corrected chi connectivity index (χ0v) is 10.7. The molecule has 1 heteroatoms. The molecule has 0 heterocycles. The molecular formula is C15H23N. The van der Waals surface area contributed by atoms with Crippen molar-refractivity contribution in [2.75, 3.05) is 6.54 Å².